The molecule has 0 aliphatic carbocycles. The number of hydrogen-bond donors (Lipinski definition) is 1. The van der Waals surface area contributed by atoms with E-state index in [-0.39, 0.29) is 18.0 Å². The second kappa shape index (κ2) is 7.75. The minimum absolute atomic E-state index is 0.0836. The van der Waals surface area contributed by atoms with Crippen LogP contribution in [0.15, 0.2) is 41.5 Å². The van der Waals surface area contributed by atoms with Gasteiger partial charge in [-0.25, -0.2) is 15.0 Å². The largest absolute Gasteiger partial charge is 0.349 e. The molecule has 0 bridgehead atoms. The van der Waals surface area contributed by atoms with E-state index < -0.39 is 0 Å². The van der Waals surface area contributed by atoms with E-state index in [9.17, 15) is 9.59 Å². The summed E-state index contributed by atoms with van der Waals surface area (Å²) in [6.07, 6.45) is 3.71. The quantitative estimate of drug-likeness (QED) is 0.722. The number of amides is 1. The van der Waals surface area contributed by atoms with E-state index in [1.807, 2.05) is 19.1 Å². The standard InChI is InChI=1S/C20H22N6O2/c1-14-10-15(24-20(23-14)25-8-4-5-9-25)11-21-18(27)12-26-13-22-17-7-3-2-6-16(17)19(26)28/h2-3,6-7,10,13H,4-5,8-9,11-12H2,1H3,(H,21,27). The number of hydrogen-bond acceptors (Lipinski definition) is 6. The zero-order chi connectivity index (χ0) is 19.5. The van der Waals surface area contributed by atoms with Gasteiger partial charge in [0.15, 0.2) is 0 Å². The minimum atomic E-state index is -0.266. The number of rotatable bonds is 5. The summed E-state index contributed by atoms with van der Waals surface area (Å²) in [5.74, 6) is 0.454. The molecular weight excluding hydrogens is 356 g/mol. The SMILES string of the molecule is Cc1cc(CNC(=O)Cn2cnc3ccccc3c2=O)nc(N2CCCC2)n1. The third kappa shape index (κ3) is 3.85. The van der Waals surface area contributed by atoms with Gasteiger partial charge in [0.25, 0.3) is 5.56 Å². The van der Waals surface area contributed by atoms with Crippen molar-refractivity contribution in [3.63, 3.8) is 0 Å². The first-order valence-corrected chi connectivity index (χ1v) is 9.40. The lowest BCUT2D eigenvalue weighted by Gasteiger charge is -2.16. The third-order valence-corrected chi connectivity index (χ3v) is 4.80. The normalized spacial score (nSPS) is 13.8. The average molecular weight is 378 g/mol. The number of anilines is 1. The first-order valence-electron chi connectivity index (χ1n) is 9.40. The van der Waals surface area contributed by atoms with Gasteiger partial charge < -0.3 is 10.2 Å². The Labute approximate surface area is 162 Å². The van der Waals surface area contributed by atoms with Gasteiger partial charge >= 0.3 is 0 Å². The highest BCUT2D eigenvalue weighted by Crippen LogP contribution is 2.16. The Balaban J connectivity index is 1.44. The number of fused-ring (bicyclic) bond motifs is 1. The van der Waals surface area contributed by atoms with Crippen LogP contribution in [0.1, 0.15) is 24.2 Å². The van der Waals surface area contributed by atoms with E-state index in [2.05, 4.69) is 25.2 Å². The monoisotopic (exact) mass is 378 g/mol. The van der Waals surface area contributed by atoms with Crippen LogP contribution in [-0.2, 0) is 17.9 Å². The minimum Gasteiger partial charge on any atom is -0.349 e. The second-order valence-electron chi connectivity index (χ2n) is 6.97. The van der Waals surface area contributed by atoms with Gasteiger partial charge in [-0.3, -0.25) is 14.2 Å². The fourth-order valence-electron chi connectivity index (χ4n) is 3.38. The van der Waals surface area contributed by atoms with Crippen molar-refractivity contribution in [2.24, 2.45) is 0 Å². The Morgan fingerprint density at radius 2 is 1.96 bits per heavy atom. The van der Waals surface area contributed by atoms with Gasteiger partial charge in [-0.05, 0) is 38.0 Å². The molecule has 0 spiro atoms. The number of nitrogens with one attached hydrogen (secondary N) is 1. The first kappa shape index (κ1) is 18.1. The molecule has 4 rings (SSSR count). The van der Waals surface area contributed by atoms with Gasteiger partial charge in [0.05, 0.1) is 29.5 Å². The Morgan fingerprint density at radius 1 is 1.18 bits per heavy atom. The summed E-state index contributed by atoms with van der Waals surface area (Å²) in [6.45, 7) is 4.06. The number of carbonyl (C=O) groups excluding carboxylic acids is 1. The lowest BCUT2D eigenvalue weighted by Crippen LogP contribution is -2.32. The van der Waals surface area contributed by atoms with Crippen LogP contribution in [0.4, 0.5) is 5.95 Å². The molecule has 1 N–H and O–H groups in total. The highest BCUT2D eigenvalue weighted by atomic mass is 16.2. The van der Waals surface area contributed by atoms with Crippen LogP contribution in [0.25, 0.3) is 10.9 Å². The van der Waals surface area contributed by atoms with Crippen molar-refractivity contribution in [2.45, 2.75) is 32.9 Å². The van der Waals surface area contributed by atoms with Gasteiger partial charge in [0, 0.05) is 18.8 Å². The van der Waals surface area contributed by atoms with Crippen molar-refractivity contribution < 1.29 is 4.79 Å². The second-order valence-corrected chi connectivity index (χ2v) is 6.97. The zero-order valence-corrected chi connectivity index (χ0v) is 15.8. The lowest BCUT2D eigenvalue weighted by atomic mass is 10.2. The number of para-hydroxylation sites is 1. The molecule has 1 aliphatic heterocycles. The molecule has 1 saturated heterocycles. The molecule has 1 fully saturated rings. The Morgan fingerprint density at radius 3 is 2.79 bits per heavy atom. The van der Waals surface area contributed by atoms with Crippen LogP contribution in [-0.4, -0.2) is 38.5 Å². The summed E-state index contributed by atoms with van der Waals surface area (Å²) >= 11 is 0. The van der Waals surface area contributed by atoms with Crippen LogP contribution >= 0.6 is 0 Å². The third-order valence-electron chi connectivity index (χ3n) is 4.80. The van der Waals surface area contributed by atoms with Crippen molar-refractivity contribution in [3.8, 4) is 0 Å². The number of nitrogens with zero attached hydrogens (tertiary/aromatic N) is 5. The molecule has 1 amide bonds. The van der Waals surface area contributed by atoms with E-state index in [1.165, 1.54) is 10.9 Å². The fraction of sp³-hybridized carbons (Fsp3) is 0.350. The predicted octanol–water partition coefficient (Wildman–Crippen LogP) is 1.41. The molecule has 8 heteroatoms. The maximum absolute atomic E-state index is 12.5. The Kier molecular flexibility index (Phi) is 5.01. The smallest absolute Gasteiger partial charge is 0.261 e. The molecule has 2 aromatic heterocycles. The van der Waals surface area contributed by atoms with Gasteiger partial charge in [0.2, 0.25) is 11.9 Å². The molecule has 1 aliphatic rings. The van der Waals surface area contributed by atoms with E-state index in [0.29, 0.717) is 17.4 Å². The van der Waals surface area contributed by atoms with E-state index in [1.54, 1.807) is 18.2 Å². The van der Waals surface area contributed by atoms with Crippen molar-refractivity contribution in [3.05, 3.63) is 58.4 Å². The van der Waals surface area contributed by atoms with Gasteiger partial charge in [-0.1, -0.05) is 12.1 Å². The van der Waals surface area contributed by atoms with Gasteiger partial charge in [-0.2, -0.15) is 0 Å². The molecule has 3 heterocycles. The summed E-state index contributed by atoms with van der Waals surface area (Å²) in [5.41, 5.74) is 2.02. The highest BCUT2D eigenvalue weighted by Gasteiger charge is 2.16. The summed E-state index contributed by atoms with van der Waals surface area (Å²) in [7, 11) is 0. The predicted molar refractivity (Wildman–Crippen MR) is 106 cm³/mol. The van der Waals surface area contributed by atoms with Gasteiger partial charge in [-0.15, -0.1) is 0 Å². The molecular formula is C20H22N6O2. The average Bonchev–Trinajstić information content (AvgIpc) is 3.23. The van der Waals surface area contributed by atoms with Crippen molar-refractivity contribution in [1.29, 1.82) is 0 Å². The molecule has 1 aromatic carbocycles. The summed E-state index contributed by atoms with van der Waals surface area (Å²) < 4.78 is 1.32. The van der Waals surface area contributed by atoms with Crippen LogP contribution in [0.3, 0.4) is 0 Å². The molecule has 8 nitrogen and oxygen atoms in total. The number of benzene rings is 1. The maximum atomic E-state index is 12.5. The molecule has 28 heavy (non-hydrogen) atoms. The van der Waals surface area contributed by atoms with E-state index in [4.69, 9.17) is 0 Å². The molecule has 0 atom stereocenters. The van der Waals surface area contributed by atoms with Crippen LogP contribution in [0.5, 0.6) is 0 Å². The molecule has 144 valence electrons. The fourth-order valence-corrected chi connectivity index (χ4v) is 3.38. The Bertz CT molecular complexity index is 1070. The Hall–Kier alpha value is -3.29. The first-order chi connectivity index (χ1) is 13.6. The summed E-state index contributed by atoms with van der Waals surface area (Å²) in [5, 5.41) is 3.33. The number of aryl methyl sites for hydroxylation is 1. The van der Waals surface area contributed by atoms with E-state index in [0.717, 1.165) is 43.3 Å². The van der Waals surface area contributed by atoms with Crippen LogP contribution in [0, 0.1) is 6.92 Å². The van der Waals surface area contributed by atoms with Crippen LogP contribution < -0.4 is 15.8 Å². The van der Waals surface area contributed by atoms with Crippen molar-refractivity contribution in [2.75, 3.05) is 18.0 Å². The van der Waals surface area contributed by atoms with Crippen LogP contribution in [0.2, 0.25) is 0 Å². The zero-order valence-electron chi connectivity index (χ0n) is 15.8. The topological polar surface area (TPSA) is 93.0 Å². The number of carbonyl (C=O) groups is 1. The van der Waals surface area contributed by atoms with Gasteiger partial charge in [0.1, 0.15) is 6.54 Å². The molecule has 0 radical (unpaired) electrons. The lowest BCUT2D eigenvalue weighted by molar-refractivity contribution is -0.121. The molecule has 0 unspecified atom stereocenters. The van der Waals surface area contributed by atoms with Crippen molar-refractivity contribution >= 4 is 22.8 Å². The highest BCUT2D eigenvalue weighted by molar-refractivity contribution is 5.78. The van der Waals surface area contributed by atoms with E-state index >= 15 is 0 Å². The molecule has 3 aromatic rings. The van der Waals surface area contributed by atoms with Crippen molar-refractivity contribution in [1.82, 2.24) is 24.8 Å². The molecule has 0 saturated carbocycles. The maximum Gasteiger partial charge on any atom is 0.261 e. The number of aromatic nitrogens is 4. The summed E-state index contributed by atoms with van der Waals surface area (Å²) in [6, 6.07) is 8.96. The summed E-state index contributed by atoms with van der Waals surface area (Å²) in [4.78, 5) is 40.3.